The fourth-order valence-corrected chi connectivity index (χ4v) is 5.03. The van der Waals surface area contributed by atoms with E-state index in [9.17, 15) is 9.59 Å². The Labute approximate surface area is 169 Å². The molecule has 5 nitrogen and oxygen atoms in total. The molecule has 2 rings (SSSR count). The molecule has 0 spiro atoms. The van der Waals surface area contributed by atoms with Crippen LogP contribution in [-0.4, -0.2) is 42.2 Å². The molecule has 4 unspecified atom stereocenters. The number of esters is 2. The van der Waals surface area contributed by atoms with Crippen molar-refractivity contribution in [3.05, 3.63) is 29.3 Å². The first-order valence-corrected chi connectivity index (χ1v) is 10.2. The van der Waals surface area contributed by atoms with Crippen LogP contribution in [0.3, 0.4) is 0 Å². The lowest BCUT2D eigenvalue weighted by Crippen LogP contribution is -2.58. The molecule has 7 heteroatoms. The predicted molar refractivity (Wildman–Crippen MR) is 109 cm³/mol. The van der Waals surface area contributed by atoms with Gasteiger partial charge in [-0.2, -0.15) is 0 Å². The average Bonchev–Trinajstić information content (AvgIpc) is 2.64. The van der Waals surface area contributed by atoms with Crippen LogP contribution in [0.2, 0.25) is 5.02 Å². The van der Waals surface area contributed by atoms with Gasteiger partial charge in [-0.3, -0.25) is 14.6 Å². The molecule has 1 aromatic rings. The number of nitrogens with zero attached hydrogens (tertiary/aromatic N) is 1. The Morgan fingerprint density at radius 2 is 1.89 bits per heavy atom. The molecule has 1 aliphatic heterocycles. The Bertz CT molecular complexity index is 721. The molecule has 0 bridgehead atoms. The lowest BCUT2D eigenvalue weighted by Gasteiger charge is -2.45. The van der Waals surface area contributed by atoms with Gasteiger partial charge >= 0.3 is 11.9 Å². The Morgan fingerprint density at radius 1 is 1.26 bits per heavy atom. The van der Waals surface area contributed by atoms with Crippen molar-refractivity contribution in [1.82, 2.24) is 0 Å². The average molecular weight is 412 g/mol. The highest BCUT2D eigenvalue weighted by Crippen LogP contribution is 2.49. The van der Waals surface area contributed by atoms with Crippen LogP contribution in [0.4, 0.5) is 0 Å². The fourth-order valence-electron chi connectivity index (χ4n) is 3.55. The highest BCUT2D eigenvalue weighted by Gasteiger charge is 2.57. The van der Waals surface area contributed by atoms with E-state index in [1.165, 1.54) is 18.9 Å². The third-order valence-electron chi connectivity index (χ3n) is 4.96. The Balaban J connectivity index is 2.54. The van der Waals surface area contributed by atoms with Gasteiger partial charge in [-0.25, -0.2) is 0 Å². The maximum Gasteiger partial charge on any atom is 0.325 e. The van der Waals surface area contributed by atoms with Gasteiger partial charge in [-0.1, -0.05) is 25.4 Å². The predicted octanol–water partition coefficient (Wildman–Crippen LogP) is 4.41. The van der Waals surface area contributed by atoms with E-state index in [0.29, 0.717) is 17.3 Å². The van der Waals surface area contributed by atoms with Crippen LogP contribution < -0.4 is 0 Å². The van der Waals surface area contributed by atoms with Crippen molar-refractivity contribution in [2.24, 2.45) is 16.8 Å². The van der Waals surface area contributed by atoms with Crippen LogP contribution in [0.25, 0.3) is 0 Å². The van der Waals surface area contributed by atoms with E-state index in [0.717, 1.165) is 11.3 Å². The highest BCUT2D eigenvalue weighted by molar-refractivity contribution is 8.01. The van der Waals surface area contributed by atoms with Crippen molar-refractivity contribution < 1.29 is 19.1 Å². The number of hydrogen-bond acceptors (Lipinski definition) is 6. The molecule has 0 radical (unpaired) electrons. The van der Waals surface area contributed by atoms with Gasteiger partial charge in [-0.05, 0) is 44.5 Å². The van der Waals surface area contributed by atoms with Crippen molar-refractivity contribution in [3.63, 3.8) is 0 Å². The first-order chi connectivity index (χ1) is 12.8. The van der Waals surface area contributed by atoms with Gasteiger partial charge in [0.1, 0.15) is 4.75 Å². The summed E-state index contributed by atoms with van der Waals surface area (Å²) in [6.07, 6.45) is 0.721. The molecular weight excluding hydrogens is 386 g/mol. The molecule has 0 fully saturated rings. The van der Waals surface area contributed by atoms with Gasteiger partial charge < -0.3 is 9.47 Å². The third-order valence-corrected chi connectivity index (χ3v) is 6.93. The zero-order valence-electron chi connectivity index (χ0n) is 16.3. The normalized spacial score (nSPS) is 27.6. The van der Waals surface area contributed by atoms with Crippen molar-refractivity contribution in [3.8, 4) is 0 Å². The van der Waals surface area contributed by atoms with Crippen LogP contribution in [0.1, 0.15) is 34.1 Å². The number of hydrogen-bond donors (Lipinski definition) is 0. The lowest BCUT2D eigenvalue weighted by atomic mass is 9.74. The SMILES string of the molecule is CCCOC(=O)C1(Sc2ccc(Cl)cc2)C(C)N=C(C)C(C(=O)OC)C1C. The molecule has 0 saturated carbocycles. The number of halogens is 1. The minimum atomic E-state index is -1.04. The number of ether oxygens (including phenoxy) is 2. The summed E-state index contributed by atoms with van der Waals surface area (Å²) in [5.41, 5.74) is 0.678. The highest BCUT2D eigenvalue weighted by atomic mass is 35.5. The smallest absolute Gasteiger partial charge is 0.325 e. The molecule has 0 aliphatic carbocycles. The topological polar surface area (TPSA) is 65.0 Å². The number of thioether (sulfide) groups is 1. The second-order valence-electron chi connectivity index (χ2n) is 6.72. The molecule has 0 saturated heterocycles. The summed E-state index contributed by atoms with van der Waals surface area (Å²) >= 11 is 7.38. The number of aliphatic imine (C=N–C) groups is 1. The van der Waals surface area contributed by atoms with Crippen LogP contribution in [0, 0.1) is 11.8 Å². The number of benzene rings is 1. The van der Waals surface area contributed by atoms with Gasteiger partial charge in [0.05, 0.1) is 25.7 Å². The summed E-state index contributed by atoms with van der Waals surface area (Å²) in [5.74, 6) is -1.70. The summed E-state index contributed by atoms with van der Waals surface area (Å²) in [7, 11) is 1.35. The fraction of sp³-hybridized carbons (Fsp3) is 0.550. The lowest BCUT2D eigenvalue weighted by molar-refractivity contribution is -0.152. The molecule has 148 valence electrons. The standard InChI is InChI=1S/C20H26ClNO4S/c1-6-11-26-19(24)20(27-16-9-7-15(21)8-10-16)12(2)17(18(23)25-5)13(3)22-14(20)4/h7-10,12,14,17H,6,11H2,1-5H3. The molecule has 4 atom stereocenters. The molecule has 1 aliphatic rings. The van der Waals surface area contributed by atoms with E-state index < -0.39 is 10.7 Å². The summed E-state index contributed by atoms with van der Waals surface area (Å²) in [6, 6.07) is 6.91. The zero-order chi connectivity index (χ0) is 20.2. The number of carbonyl (C=O) groups excluding carboxylic acids is 2. The molecule has 1 heterocycles. The summed E-state index contributed by atoms with van der Waals surface area (Å²) < 4.78 is 9.51. The second kappa shape index (κ2) is 9.11. The van der Waals surface area contributed by atoms with Crippen molar-refractivity contribution in [1.29, 1.82) is 0 Å². The molecule has 0 N–H and O–H groups in total. The van der Waals surface area contributed by atoms with E-state index in [-0.39, 0.29) is 23.9 Å². The van der Waals surface area contributed by atoms with Crippen LogP contribution in [0.15, 0.2) is 34.2 Å². The van der Waals surface area contributed by atoms with E-state index in [1.54, 1.807) is 12.1 Å². The third kappa shape index (κ3) is 4.32. The van der Waals surface area contributed by atoms with Gasteiger partial charge in [0, 0.05) is 21.5 Å². The van der Waals surface area contributed by atoms with Crippen LogP contribution in [-0.2, 0) is 19.1 Å². The van der Waals surface area contributed by atoms with E-state index >= 15 is 0 Å². The van der Waals surface area contributed by atoms with E-state index in [4.69, 9.17) is 21.1 Å². The molecule has 0 aromatic heterocycles. The second-order valence-corrected chi connectivity index (χ2v) is 8.51. The monoisotopic (exact) mass is 411 g/mol. The maximum atomic E-state index is 13.2. The van der Waals surface area contributed by atoms with Crippen molar-refractivity contribution >= 4 is 41.0 Å². The first-order valence-electron chi connectivity index (χ1n) is 9.01. The van der Waals surface area contributed by atoms with Gasteiger partial charge in [-0.15, -0.1) is 11.8 Å². The van der Waals surface area contributed by atoms with Crippen LogP contribution in [0.5, 0.6) is 0 Å². The summed E-state index contributed by atoms with van der Waals surface area (Å²) in [6.45, 7) is 7.87. The van der Waals surface area contributed by atoms with E-state index in [1.807, 2.05) is 39.8 Å². The Hall–Kier alpha value is -1.53. The van der Waals surface area contributed by atoms with Crippen LogP contribution >= 0.6 is 23.4 Å². The molecule has 0 amide bonds. The minimum Gasteiger partial charge on any atom is -0.469 e. The number of rotatable bonds is 6. The van der Waals surface area contributed by atoms with E-state index in [2.05, 4.69) is 4.99 Å². The Morgan fingerprint density at radius 3 is 2.44 bits per heavy atom. The van der Waals surface area contributed by atoms with Gasteiger partial charge in [0.2, 0.25) is 0 Å². The Kier molecular flexibility index (Phi) is 7.34. The van der Waals surface area contributed by atoms with Crippen molar-refractivity contribution in [2.45, 2.75) is 49.8 Å². The minimum absolute atomic E-state index is 0.326. The zero-order valence-corrected chi connectivity index (χ0v) is 17.9. The van der Waals surface area contributed by atoms with Gasteiger partial charge in [0.25, 0.3) is 0 Å². The van der Waals surface area contributed by atoms with Crippen molar-refractivity contribution in [2.75, 3.05) is 13.7 Å². The molecule has 1 aromatic carbocycles. The first kappa shape index (κ1) is 21.8. The summed E-state index contributed by atoms with van der Waals surface area (Å²) in [5, 5.41) is 0.619. The number of methoxy groups -OCH3 is 1. The molecular formula is C20H26ClNO4S. The van der Waals surface area contributed by atoms with Gasteiger partial charge in [0.15, 0.2) is 0 Å². The quantitative estimate of drug-likeness (QED) is 0.648. The molecule has 27 heavy (non-hydrogen) atoms. The largest absolute Gasteiger partial charge is 0.469 e. The summed E-state index contributed by atoms with van der Waals surface area (Å²) in [4.78, 5) is 31.2. The number of carbonyl (C=O) groups is 2. The maximum absolute atomic E-state index is 13.2.